The van der Waals surface area contributed by atoms with Gasteiger partial charge in [0.25, 0.3) is 6.71 Å². The zero-order valence-corrected chi connectivity index (χ0v) is 35.0. The number of nitriles is 2. The van der Waals surface area contributed by atoms with Crippen LogP contribution in [0.2, 0.25) is 0 Å². The van der Waals surface area contributed by atoms with Gasteiger partial charge in [0.1, 0.15) is 0 Å². The molecular formula is C57H33BF3N5. The van der Waals surface area contributed by atoms with E-state index in [2.05, 4.69) is 154 Å². The molecule has 0 bridgehead atoms. The summed E-state index contributed by atoms with van der Waals surface area (Å²) in [6.45, 7) is -0.0235. The van der Waals surface area contributed by atoms with Gasteiger partial charge >= 0.3 is 6.18 Å². The van der Waals surface area contributed by atoms with Crippen LogP contribution >= 0.6 is 0 Å². The van der Waals surface area contributed by atoms with Gasteiger partial charge in [-0.1, -0.05) is 103 Å². The fourth-order valence-electron chi connectivity index (χ4n) is 10.3. The monoisotopic (exact) mass is 855 g/mol. The van der Waals surface area contributed by atoms with Gasteiger partial charge < -0.3 is 14.4 Å². The number of alkyl halides is 3. The Hall–Kier alpha value is -8.79. The van der Waals surface area contributed by atoms with Crippen LogP contribution in [0.15, 0.2) is 200 Å². The third-order valence-corrected chi connectivity index (χ3v) is 13.0. The number of para-hydroxylation sites is 5. The molecule has 9 aromatic carbocycles. The van der Waals surface area contributed by atoms with E-state index in [4.69, 9.17) is 0 Å². The molecule has 2 aliphatic heterocycles. The van der Waals surface area contributed by atoms with E-state index in [1.807, 2.05) is 42.5 Å². The molecule has 0 radical (unpaired) electrons. The van der Waals surface area contributed by atoms with E-state index in [0.717, 1.165) is 79.2 Å². The minimum Gasteiger partial charge on any atom is -0.311 e. The minimum absolute atomic E-state index is 0.0235. The van der Waals surface area contributed by atoms with E-state index in [9.17, 15) is 23.7 Å². The molecule has 310 valence electrons. The van der Waals surface area contributed by atoms with Gasteiger partial charge in [0, 0.05) is 56.0 Å². The topological polar surface area (TPSA) is 59.0 Å². The van der Waals surface area contributed by atoms with Crippen LogP contribution in [0, 0.1) is 22.7 Å². The van der Waals surface area contributed by atoms with Gasteiger partial charge in [-0.05, 0) is 125 Å². The Balaban J connectivity index is 1.11. The predicted octanol–water partition coefficient (Wildman–Crippen LogP) is 13.0. The molecule has 0 amide bonds. The molecule has 1 aromatic heterocycles. The lowest BCUT2D eigenvalue weighted by Crippen LogP contribution is -2.61. The van der Waals surface area contributed by atoms with Gasteiger partial charge in [0.05, 0.1) is 45.5 Å². The van der Waals surface area contributed by atoms with E-state index in [1.54, 1.807) is 12.1 Å². The van der Waals surface area contributed by atoms with Gasteiger partial charge in [0.2, 0.25) is 0 Å². The Morgan fingerprint density at radius 2 is 1.03 bits per heavy atom. The number of hydrogen-bond donors (Lipinski definition) is 0. The third-order valence-electron chi connectivity index (χ3n) is 13.0. The quantitative estimate of drug-likeness (QED) is 0.162. The predicted molar refractivity (Wildman–Crippen MR) is 260 cm³/mol. The molecular weight excluding hydrogens is 822 g/mol. The number of rotatable bonds is 5. The molecule has 0 unspecified atom stereocenters. The van der Waals surface area contributed by atoms with Crippen LogP contribution in [0.5, 0.6) is 0 Å². The molecule has 0 atom stereocenters. The van der Waals surface area contributed by atoms with Crippen LogP contribution in [-0.2, 0) is 6.18 Å². The lowest BCUT2D eigenvalue weighted by molar-refractivity contribution is -0.137. The van der Waals surface area contributed by atoms with E-state index in [-0.39, 0.29) is 12.3 Å². The van der Waals surface area contributed by atoms with Gasteiger partial charge in [-0.2, -0.15) is 23.7 Å². The molecule has 10 aromatic rings. The smallest absolute Gasteiger partial charge is 0.311 e. The number of aromatic nitrogens is 1. The molecule has 0 fully saturated rings. The summed E-state index contributed by atoms with van der Waals surface area (Å²) in [7, 11) is 0. The maximum absolute atomic E-state index is 13.9. The van der Waals surface area contributed by atoms with Gasteiger partial charge in [-0.25, -0.2) is 0 Å². The number of halogens is 3. The van der Waals surface area contributed by atoms with Crippen LogP contribution < -0.4 is 26.2 Å². The molecule has 0 saturated heterocycles. The van der Waals surface area contributed by atoms with Crippen LogP contribution in [0.3, 0.4) is 0 Å². The Kier molecular flexibility index (Phi) is 8.78. The van der Waals surface area contributed by atoms with E-state index < -0.39 is 11.7 Å². The molecule has 0 saturated carbocycles. The van der Waals surface area contributed by atoms with Crippen molar-refractivity contribution in [3.63, 3.8) is 0 Å². The minimum atomic E-state index is -4.63. The standard InChI is InChI=1S/C57H33BF3N5/c59-57(60,61)40-25-26-43(39(30-40)35-63)45-29-36(34-62)23-27-50(45)66-49-20-10-7-17-44(49)46-31-37(24-28-51(46)66)38-32-54-56-55(33-38)65(42-15-5-2-6-16-42)53-22-12-9-19-48(53)58(56)47-18-8-11-21-52(47)64(54)41-13-3-1-4-14-41/h1-33H. The first-order chi connectivity index (χ1) is 32.3. The summed E-state index contributed by atoms with van der Waals surface area (Å²) in [4.78, 5) is 4.78. The highest BCUT2D eigenvalue weighted by Gasteiger charge is 2.43. The number of nitrogens with zero attached hydrogens (tertiary/aromatic N) is 5. The lowest BCUT2D eigenvalue weighted by Gasteiger charge is -2.44. The number of hydrogen-bond acceptors (Lipinski definition) is 4. The Bertz CT molecular complexity index is 3590. The van der Waals surface area contributed by atoms with Crippen molar-refractivity contribution in [2.75, 3.05) is 9.80 Å². The summed E-state index contributed by atoms with van der Waals surface area (Å²) >= 11 is 0. The summed E-state index contributed by atoms with van der Waals surface area (Å²) in [6, 6.07) is 70.1. The first-order valence-corrected chi connectivity index (χ1v) is 21.6. The second-order valence-electron chi connectivity index (χ2n) is 16.6. The molecule has 0 spiro atoms. The number of anilines is 6. The fraction of sp³-hybridized carbons (Fsp3) is 0.0175. The first kappa shape index (κ1) is 38.9. The highest BCUT2D eigenvalue weighted by atomic mass is 19.4. The highest BCUT2D eigenvalue weighted by Crippen LogP contribution is 2.47. The fourth-order valence-corrected chi connectivity index (χ4v) is 10.3. The van der Waals surface area contributed by atoms with Crippen molar-refractivity contribution in [2.24, 2.45) is 0 Å². The largest absolute Gasteiger partial charge is 0.416 e. The number of fused-ring (bicyclic) bond motifs is 7. The Labute approximate surface area is 378 Å². The van der Waals surface area contributed by atoms with Gasteiger partial charge in [-0.3, -0.25) is 0 Å². The zero-order chi connectivity index (χ0) is 44.7. The van der Waals surface area contributed by atoms with Crippen LogP contribution in [0.4, 0.5) is 47.3 Å². The summed E-state index contributed by atoms with van der Waals surface area (Å²) in [6.07, 6.45) is -4.63. The van der Waals surface area contributed by atoms with E-state index >= 15 is 0 Å². The normalized spacial score (nSPS) is 12.7. The Morgan fingerprint density at radius 3 is 1.65 bits per heavy atom. The maximum atomic E-state index is 13.9. The van der Waals surface area contributed by atoms with Crippen molar-refractivity contribution in [1.82, 2.24) is 4.57 Å². The molecule has 9 heteroatoms. The second kappa shape index (κ2) is 14.9. The third kappa shape index (κ3) is 5.95. The molecule has 66 heavy (non-hydrogen) atoms. The maximum Gasteiger partial charge on any atom is 0.416 e. The van der Waals surface area contributed by atoms with Crippen molar-refractivity contribution < 1.29 is 13.2 Å². The average molecular weight is 856 g/mol. The lowest BCUT2D eigenvalue weighted by atomic mass is 9.33. The molecule has 2 aliphatic rings. The summed E-state index contributed by atoms with van der Waals surface area (Å²) in [5, 5.41) is 22.1. The average Bonchev–Trinajstić information content (AvgIpc) is 3.69. The van der Waals surface area contributed by atoms with Gasteiger partial charge in [-0.15, -0.1) is 0 Å². The molecule has 5 nitrogen and oxygen atoms in total. The van der Waals surface area contributed by atoms with Gasteiger partial charge in [0.15, 0.2) is 0 Å². The van der Waals surface area contributed by atoms with Crippen LogP contribution in [0.25, 0.3) is 49.7 Å². The highest BCUT2D eigenvalue weighted by molar-refractivity contribution is 7.00. The molecule has 0 aliphatic carbocycles. The molecule has 3 heterocycles. The van der Waals surface area contributed by atoms with Crippen molar-refractivity contribution in [2.45, 2.75) is 6.18 Å². The van der Waals surface area contributed by atoms with E-state index in [1.165, 1.54) is 22.5 Å². The summed E-state index contributed by atoms with van der Waals surface area (Å²) in [5.74, 6) is 0. The summed E-state index contributed by atoms with van der Waals surface area (Å²) < 4.78 is 43.7. The Morgan fingerprint density at radius 1 is 0.439 bits per heavy atom. The summed E-state index contributed by atoms with van der Waals surface area (Å²) in [5.41, 5.74) is 14.6. The SMILES string of the molecule is N#Cc1ccc(-n2c3ccccc3c3cc(-c4cc5c6c(c4)N(c4ccccc4)c4ccccc4B6c4ccccc4N5c4ccccc4)ccc32)c(-c2ccc(C(F)(F)F)cc2C#N)c1. The zero-order valence-electron chi connectivity index (χ0n) is 35.0. The number of benzene rings is 9. The first-order valence-electron chi connectivity index (χ1n) is 21.6. The van der Waals surface area contributed by atoms with Crippen molar-refractivity contribution in [1.29, 1.82) is 10.5 Å². The van der Waals surface area contributed by atoms with Crippen LogP contribution in [0.1, 0.15) is 16.7 Å². The van der Waals surface area contributed by atoms with Crippen molar-refractivity contribution >= 4 is 79.0 Å². The van der Waals surface area contributed by atoms with Crippen molar-refractivity contribution in [3.05, 3.63) is 217 Å². The van der Waals surface area contributed by atoms with Crippen molar-refractivity contribution in [3.8, 4) is 40.1 Å². The second-order valence-corrected chi connectivity index (χ2v) is 16.6. The molecule has 0 N–H and O–H groups in total. The van der Waals surface area contributed by atoms with E-state index in [0.29, 0.717) is 22.4 Å². The molecule has 12 rings (SSSR count). The van der Waals surface area contributed by atoms with Crippen LogP contribution in [-0.4, -0.2) is 11.3 Å².